The minimum Gasteiger partial charge on any atom is -0.307 e. The van der Waals surface area contributed by atoms with Gasteiger partial charge in [0.2, 0.25) is 5.91 Å². The molecule has 1 aliphatic carbocycles. The molecule has 0 radical (unpaired) electrons. The molecule has 0 spiro atoms. The fourth-order valence-electron chi connectivity index (χ4n) is 4.34. The van der Waals surface area contributed by atoms with Crippen molar-refractivity contribution in [3.8, 4) is 0 Å². The monoisotopic (exact) mass is 465 g/mol. The average molecular weight is 466 g/mol. The summed E-state index contributed by atoms with van der Waals surface area (Å²) < 4.78 is 29.0. The fourth-order valence-corrected chi connectivity index (χ4v) is 5.92. The Morgan fingerprint density at radius 3 is 2.38 bits per heavy atom. The quantitative estimate of drug-likeness (QED) is 0.670. The van der Waals surface area contributed by atoms with Gasteiger partial charge in [0.1, 0.15) is 0 Å². The van der Waals surface area contributed by atoms with E-state index in [9.17, 15) is 18.0 Å². The van der Waals surface area contributed by atoms with Crippen molar-refractivity contribution in [3.63, 3.8) is 0 Å². The summed E-state index contributed by atoms with van der Waals surface area (Å²) in [5.41, 5.74) is 2.66. The van der Waals surface area contributed by atoms with Crippen LogP contribution in [0.3, 0.4) is 0 Å². The van der Waals surface area contributed by atoms with Crippen LogP contribution in [-0.2, 0) is 15.0 Å². The molecule has 0 aromatic heterocycles. The van der Waals surface area contributed by atoms with Crippen molar-refractivity contribution in [3.05, 3.63) is 29.3 Å². The molecule has 9 nitrogen and oxygen atoms in total. The van der Waals surface area contributed by atoms with E-state index in [1.54, 1.807) is 13.1 Å². The van der Waals surface area contributed by atoms with Gasteiger partial charge in [-0.15, -0.1) is 0 Å². The molecule has 1 saturated heterocycles. The molecule has 10 heteroatoms. The van der Waals surface area contributed by atoms with E-state index in [0.717, 1.165) is 36.8 Å². The molecule has 1 saturated carbocycles. The molecule has 0 atom stereocenters. The highest BCUT2D eigenvalue weighted by atomic mass is 32.2. The van der Waals surface area contributed by atoms with Crippen molar-refractivity contribution in [2.75, 3.05) is 45.1 Å². The zero-order valence-corrected chi connectivity index (χ0v) is 20.1. The van der Waals surface area contributed by atoms with Gasteiger partial charge in [-0.2, -0.15) is 17.0 Å². The Labute approximate surface area is 191 Å². The fraction of sp³-hybridized carbons (Fsp3) is 0.636. The molecule has 0 bridgehead atoms. The van der Waals surface area contributed by atoms with Crippen LogP contribution in [0.2, 0.25) is 0 Å². The van der Waals surface area contributed by atoms with Gasteiger partial charge in [-0.05, 0) is 43.9 Å². The maximum Gasteiger partial charge on any atom is 0.325 e. The Hall–Kier alpha value is -2.01. The Morgan fingerprint density at radius 1 is 1.06 bits per heavy atom. The molecule has 3 amide bonds. The molecule has 2 aliphatic rings. The van der Waals surface area contributed by atoms with Crippen LogP contribution in [0.1, 0.15) is 43.2 Å². The number of carbonyl (C=O) groups excluding carboxylic acids is 2. The molecular formula is C22H35N5O4S. The first-order valence-corrected chi connectivity index (χ1v) is 12.7. The van der Waals surface area contributed by atoms with E-state index in [2.05, 4.69) is 10.6 Å². The Kier molecular flexibility index (Phi) is 8.26. The smallest absolute Gasteiger partial charge is 0.307 e. The summed E-state index contributed by atoms with van der Waals surface area (Å²) in [5.74, 6) is -0.413. The van der Waals surface area contributed by atoms with Crippen LogP contribution in [0.25, 0.3) is 0 Å². The van der Waals surface area contributed by atoms with E-state index < -0.39 is 22.1 Å². The van der Waals surface area contributed by atoms with Crippen LogP contribution in [0.4, 0.5) is 10.5 Å². The average Bonchev–Trinajstić information content (AvgIpc) is 2.77. The van der Waals surface area contributed by atoms with Crippen molar-refractivity contribution in [2.24, 2.45) is 0 Å². The zero-order chi connectivity index (χ0) is 23.3. The maximum absolute atomic E-state index is 13.0. The van der Waals surface area contributed by atoms with Crippen molar-refractivity contribution in [1.82, 2.24) is 18.8 Å². The van der Waals surface area contributed by atoms with Gasteiger partial charge in [0.15, 0.2) is 0 Å². The Bertz CT molecular complexity index is 922. The number of nitrogens with zero attached hydrogens (tertiary/aromatic N) is 3. The summed E-state index contributed by atoms with van der Waals surface area (Å²) in [4.78, 5) is 26.4. The third-order valence-electron chi connectivity index (χ3n) is 6.58. The van der Waals surface area contributed by atoms with E-state index in [1.807, 2.05) is 30.9 Å². The van der Waals surface area contributed by atoms with Gasteiger partial charge in [0.25, 0.3) is 10.2 Å². The number of hydrogen-bond acceptors (Lipinski definition) is 5. The van der Waals surface area contributed by atoms with Gasteiger partial charge < -0.3 is 5.32 Å². The van der Waals surface area contributed by atoms with Crippen molar-refractivity contribution in [2.45, 2.75) is 52.0 Å². The second-order valence-electron chi connectivity index (χ2n) is 8.74. The SMILES string of the molecule is Cc1cccc(NC(=O)NC(=O)CN2CCN(S(=O)(=O)N(C)C3CCCCC3)CC2)c1C. The topological polar surface area (TPSA) is 102 Å². The van der Waals surface area contributed by atoms with Crippen LogP contribution in [-0.4, -0.2) is 79.7 Å². The minimum atomic E-state index is -3.50. The lowest BCUT2D eigenvalue weighted by Crippen LogP contribution is -2.55. The summed E-state index contributed by atoms with van der Waals surface area (Å²) in [6.45, 7) is 5.48. The number of benzene rings is 1. The third kappa shape index (κ3) is 6.06. The number of hydrogen-bond donors (Lipinski definition) is 2. The van der Waals surface area contributed by atoms with Gasteiger partial charge in [0.05, 0.1) is 6.54 Å². The second-order valence-corrected chi connectivity index (χ2v) is 10.7. The predicted molar refractivity (Wildman–Crippen MR) is 125 cm³/mol. The Morgan fingerprint density at radius 2 is 1.72 bits per heavy atom. The molecule has 32 heavy (non-hydrogen) atoms. The number of piperazine rings is 1. The van der Waals surface area contributed by atoms with Crippen molar-refractivity contribution >= 4 is 27.8 Å². The summed E-state index contributed by atoms with van der Waals surface area (Å²) in [7, 11) is -1.82. The summed E-state index contributed by atoms with van der Waals surface area (Å²) in [5, 5.41) is 5.06. The zero-order valence-electron chi connectivity index (χ0n) is 19.3. The normalized spacial score (nSPS) is 19.1. The highest BCUT2D eigenvalue weighted by Crippen LogP contribution is 2.25. The first-order valence-electron chi connectivity index (χ1n) is 11.3. The number of urea groups is 1. The molecule has 1 heterocycles. The van der Waals surface area contributed by atoms with E-state index in [0.29, 0.717) is 31.9 Å². The van der Waals surface area contributed by atoms with Gasteiger partial charge in [0, 0.05) is 45.0 Å². The number of amides is 3. The van der Waals surface area contributed by atoms with Crippen LogP contribution < -0.4 is 10.6 Å². The number of aryl methyl sites for hydroxylation is 1. The number of anilines is 1. The number of rotatable bonds is 6. The summed E-state index contributed by atoms with van der Waals surface area (Å²) in [6.07, 6.45) is 5.16. The number of imide groups is 1. The highest BCUT2D eigenvalue weighted by Gasteiger charge is 2.34. The maximum atomic E-state index is 13.0. The van der Waals surface area contributed by atoms with Crippen LogP contribution in [0.5, 0.6) is 0 Å². The molecule has 2 fully saturated rings. The summed E-state index contributed by atoms with van der Waals surface area (Å²) >= 11 is 0. The van der Waals surface area contributed by atoms with Gasteiger partial charge in [-0.3, -0.25) is 15.0 Å². The van der Waals surface area contributed by atoms with E-state index in [1.165, 1.54) is 15.0 Å². The second kappa shape index (κ2) is 10.7. The minimum absolute atomic E-state index is 0.0482. The first kappa shape index (κ1) is 24.6. The predicted octanol–water partition coefficient (Wildman–Crippen LogP) is 2.08. The molecule has 0 unspecified atom stereocenters. The molecule has 3 rings (SSSR count). The lowest BCUT2D eigenvalue weighted by atomic mass is 9.96. The first-order chi connectivity index (χ1) is 15.2. The summed E-state index contributed by atoms with van der Waals surface area (Å²) in [6, 6.07) is 5.10. The van der Waals surface area contributed by atoms with Gasteiger partial charge in [-0.1, -0.05) is 31.4 Å². The van der Waals surface area contributed by atoms with E-state index >= 15 is 0 Å². The molecule has 1 aromatic rings. The molecule has 178 valence electrons. The lowest BCUT2D eigenvalue weighted by Gasteiger charge is -2.38. The number of carbonyl (C=O) groups is 2. The highest BCUT2D eigenvalue weighted by molar-refractivity contribution is 7.86. The van der Waals surface area contributed by atoms with E-state index in [4.69, 9.17) is 0 Å². The third-order valence-corrected chi connectivity index (χ3v) is 8.63. The van der Waals surface area contributed by atoms with Crippen molar-refractivity contribution < 1.29 is 18.0 Å². The van der Waals surface area contributed by atoms with Crippen molar-refractivity contribution in [1.29, 1.82) is 0 Å². The molecule has 2 N–H and O–H groups in total. The molecule has 1 aromatic carbocycles. The van der Waals surface area contributed by atoms with Crippen LogP contribution in [0.15, 0.2) is 18.2 Å². The van der Waals surface area contributed by atoms with Gasteiger partial charge >= 0.3 is 6.03 Å². The molecular weight excluding hydrogens is 430 g/mol. The van der Waals surface area contributed by atoms with E-state index in [-0.39, 0.29) is 12.6 Å². The standard InChI is InChI=1S/C22H35N5O4S/c1-17-8-7-11-20(18(17)2)23-22(29)24-21(28)16-26-12-14-27(15-13-26)32(30,31)25(3)19-9-5-4-6-10-19/h7-8,11,19H,4-6,9-10,12-16H2,1-3H3,(H2,23,24,28,29). The van der Waals surface area contributed by atoms with Crippen LogP contribution >= 0.6 is 0 Å². The lowest BCUT2D eigenvalue weighted by molar-refractivity contribution is -0.121. The number of nitrogens with one attached hydrogen (secondary N) is 2. The van der Waals surface area contributed by atoms with Crippen LogP contribution in [0, 0.1) is 13.8 Å². The Balaban J connectivity index is 1.45. The largest absolute Gasteiger partial charge is 0.325 e. The molecule has 1 aliphatic heterocycles. The van der Waals surface area contributed by atoms with Gasteiger partial charge in [-0.25, -0.2) is 4.79 Å².